The molecule has 4 aliphatic rings. The zero-order valence-electron chi connectivity index (χ0n) is 24.6. The summed E-state index contributed by atoms with van der Waals surface area (Å²) >= 11 is 6.07. The molecule has 7 rings (SSSR count). The van der Waals surface area contributed by atoms with Gasteiger partial charge in [0.2, 0.25) is 23.6 Å². The lowest BCUT2D eigenvalue weighted by atomic mass is 9.51. The Labute approximate surface area is 264 Å². The first-order valence-corrected chi connectivity index (χ1v) is 15.4. The van der Waals surface area contributed by atoms with Crippen LogP contribution in [0.4, 0.5) is 15.8 Å². The smallest absolute Gasteiger partial charge is 0.241 e. The summed E-state index contributed by atoms with van der Waals surface area (Å²) < 4.78 is 19.8. The van der Waals surface area contributed by atoms with Gasteiger partial charge in [0.15, 0.2) is 11.5 Å². The fourth-order valence-electron chi connectivity index (χ4n) is 8.08. The van der Waals surface area contributed by atoms with Crippen LogP contribution in [0.5, 0.6) is 11.5 Å². The number of hydrogen-bond donors (Lipinski definition) is 1. The van der Waals surface area contributed by atoms with E-state index in [4.69, 9.17) is 16.3 Å². The molecule has 0 radical (unpaired) electrons. The zero-order chi connectivity index (χ0) is 31.8. The number of amides is 4. The van der Waals surface area contributed by atoms with E-state index in [2.05, 4.69) is 0 Å². The highest BCUT2D eigenvalue weighted by atomic mass is 35.5. The molecular formula is C35H30ClFN2O6. The van der Waals surface area contributed by atoms with Gasteiger partial charge in [0.1, 0.15) is 5.82 Å². The average Bonchev–Trinajstić information content (AvgIpc) is 3.40. The lowest BCUT2D eigenvalue weighted by molar-refractivity contribution is -0.131. The predicted octanol–water partition coefficient (Wildman–Crippen LogP) is 6.02. The molecule has 2 heterocycles. The van der Waals surface area contributed by atoms with Crippen molar-refractivity contribution in [3.05, 3.63) is 94.8 Å². The first-order chi connectivity index (χ1) is 21.6. The number of allylic oxidation sites excluding steroid dienone is 2. The molecule has 3 aromatic carbocycles. The second kappa shape index (κ2) is 10.5. The lowest BCUT2D eigenvalue weighted by Crippen LogP contribution is -2.48. The first kappa shape index (κ1) is 29.2. The van der Waals surface area contributed by atoms with E-state index in [1.54, 1.807) is 50.2 Å². The van der Waals surface area contributed by atoms with Crippen LogP contribution in [0.25, 0.3) is 0 Å². The normalized spacial score (nSPS) is 29.0. The van der Waals surface area contributed by atoms with Crippen LogP contribution in [0, 0.1) is 34.9 Å². The minimum absolute atomic E-state index is 0.0705. The number of halogens is 2. The Morgan fingerprint density at radius 3 is 2.40 bits per heavy atom. The molecular weight excluding hydrogens is 599 g/mol. The minimum Gasteiger partial charge on any atom is -0.504 e. The average molecular weight is 629 g/mol. The van der Waals surface area contributed by atoms with Crippen LogP contribution in [0.2, 0.25) is 5.02 Å². The van der Waals surface area contributed by atoms with Gasteiger partial charge in [-0.3, -0.25) is 24.1 Å². The third kappa shape index (κ3) is 4.16. The number of imide groups is 2. The molecule has 3 aromatic rings. The third-order valence-corrected chi connectivity index (χ3v) is 10.4. The highest BCUT2D eigenvalue weighted by Gasteiger charge is 2.67. The molecule has 2 aliphatic heterocycles. The van der Waals surface area contributed by atoms with E-state index in [1.165, 1.54) is 23.1 Å². The standard InChI is InChI=1S/C35H30ClFN2O6/c1-3-45-28-15-18(9-14-27(28)40)30-21-11-12-22-29(33(43)38(31(22)41)19-7-5-4-6-8-19)23(21)17-24-32(42)39(34(44)35(24,30)2)20-10-13-26(37)25(36)16-20/h4-11,13-16,22-24,29-30,40H,3,12,17H2,1-2H3. The summed E-state index contributed by atoms with van der Waals surface area (Å²) in [5, 5.41) is 10.3. The van der Waals surface area contributed by atoms with Crippen LogP contribution in [-0.4, -0.2) is 35.3 Å². The van der Waals surface area contributed by atoms with Crippen molar-refractivity contribution in [1.29, 1.82) is 0 Å². The molecule has 2 saturated heterocycles. The molecule has 1 saturated carbocycles. The van der Waals surface area contributed by atoms with Gasteiger partial charge in [0.25, 0.3) is 0 Å². The van der Waals surface area contributed by atoms with Crippen molar-refractivity contribution in [2.24, 2.45) is 29.1 Å². The summed E-state index contributed by atoms with van der Waals surface area (Å²) in [5.41, 5.74) is 0.781. The van der Waals surface area contributed by atoms with E-state index >= 15 is 0 Å². The van der Waals surface area contributed by atoms with Gasteiger partial charge in [-0.1, -0.05) is 47.5 Å². The number of hydrogen-bond acceptors (Lipinski definition) is 6. The van der Waals surface area contributed by atoms with E-state index in [9.17, 15) is 28.7 Å². The van der Waals surface area contributed by atoms with E-state index in [1.807, 2.05) is 12.1 Å². The lowest BCUT2D eigenvalue weighted by Gasteiger charge is -2.49. The van der Waals surface area contributed by atoms with Crippen LogP contribution < -0.4 is 14.5 Å². The number of phenolic OH excluding ortho intramolecular Hbond substituents is 1. The van der Waals surface area contributed by atoms with Gasteiger partial charge in [-0.2, -0.15) is 0 Å². The van der Waals surface area contributed by atoms with Gasteiger partial charge in [-0.25, -0.2) is 9.29 Å². The van der Waals surface area contributed by atoms with E-state index < -0.39 is 52.6 Å². The second-order valence-corrected chi connectivity index (χ2v) is 12.7. The SMILES string of the molecule is CCOc1cc(C2C3=CCC4C(=O)N(c5ccccc5)C(=O)C4C3CC3C(=O)N(c4ccc(F)c(Cl)c4)C(=O)C32C)ccc1O. The number of phenols is 1. The van der Waals surface area contributed by atoms with Crippen molar-refractivity contribution in [3.63, 3.8) is 0 Å². The number of nitrogens with zero attached hydrogens (tertiary/aromatic N) is 2. The summed E-state index contributed by atoms with van der Waals surface area (Å²) in [6.07, 6.45) is 2.44. The topological polar surface area (TPSA) is 104 Å². The quantitative estimate of drug-likeness (QED) is 0.274. The summed E-state index contributed by atoms with van der Waals surface area (Å²) in [6.45, 7) is 3.83. The summed E-state index contributed by atoms with van der Waals surface area (Å²) in [7, 11) is 0. The number of ether oxygens (including phenoxy) is 1. The number of carbonyl (C=O) groups excluding carboxylic acids is 4. The molecule has 0 aromatic heterocycles. The Balaban J connectivity index is 1.38. The molecule has 6 atom stereocenters. The van der Waals surface area contributed by atoms with Gasteiger partial charge in [-0.05, 0) is 80.6 Å². The molecule has 10 heteroatoms. The number of fused-ring (bicyclic) bond motifs is 4. The number of carbonyl (C=O) groups is 4. The fourth-order valence-corrected chi connectivity index (χ4v) is 8.25. The first-order valence-electron chi connectivity index (χ1n) is 15.0. The monoisotopic (exact) mass is 628 g/mol. The molecule has 1 N–H and O–H groups in total. The van der Waals surface area contributed by atoms with Crippen molar-refractivity contribution in [2.75, 3.05) is 16.4 Å². The summed E-state index contributed by atoms with van der Waals surface area (Å²) in [4.78, 5) is 58.9. The number of para-hydroxylation sites is 1. The van der Waals surface area contributed by atoms with Gasteiger partial charge in [0.05, 0.1) is 46.2 Å². The number of rotatable bonds is 5. The minimum atomic E-state index is -1.31. The Kier molecular flexibility index (Phi) is 6.85. The second-order valence-electron chi connectivity index (χ2n) is 12.3. The third-order valence-electron chi connectivity index (χ3n) is 10.1. The van der Waals surface area contributed by atoms with Crippen molar-refractivity contribution >= 4 is 46.6 Å². The van der Waals surface area contributed by atoms with Gasteiger partial charge in [0, 0.05) is 5.92 Å². The molecule has 230 valence electrons. The van der Waals surface area contributed by atoms with Crippen LogP contribution in [0.15, 0.2) is 78.4 Å². The molecule has 2 aliphatic carbocycles. The van der Waals surface area contributed by atoms with Gasteiger partial charge < -0.3 is 9.84 Å². The van der Waals surface area contributed by atoms with Crippen LogP contribution in [0.1, 0.15) is 38.2 Å². The maximum Gasteiger partial charge on any atom is 0.241 e. The maximum absolute atomic E-state index is 14.5. The largest absolute Gasteiger partial charge is 0.504 e. The Morgan fingerprint density at radius 2 is 1.69 bits per heavy atom. The molecule has 4 amide bonds. The van der Waals surface area contributed by atoms with E-state index in [0.717, 1.165) is 16.5 Å². The van der Waals surface area contributed by atoms with Crippen molar-refractivity contribution < 1.29 is 33.4 Å². The predicted molar refractivity (Wildman–Crippen MR) is 164 cm³/mol. The number of benzene rings is 3. The maximum atomic E-state index is 14.5. The summed E-state index contributed by atoms with van der Waals surface area (Å²) in [5.74, 6) is -5.45. The van der Waals surface area contributed by atoms with Crippen molar-refractivity contribution in [2.45, 2.75) is 32.6 Å². The molecule has 0 spiro atoms. The molecule has 0 bridgehead atoms. The molecule has 8 nitrogen and oxygen atoms in total. The number of aromatic hydroxyl groups is 1. The van der Waals surface area contributed by atoms with Gasteiger partial charge in [-0.15, -0.1) is 0 Å². The van der Waals surface area contributed by atoms with Crippen molar-refractivity contribution in [3.8, 4) is 11.5 Å². The molecule has 45 heavy (non-hydrogen) atoms. The Morgan fingerprint density at radius 1 is 0.933 bits per heavy atom. The number of anilines is 2. The summed E-state index contributed by atoms with van der Waals surface area (Å²) in [6, 6.07) is 17.4. The van der Waals surface area contributed by atoms with E-state index in [-0.39, 0.29) is 40.4 Å². The Bertz CT molecular complexity index is 1810. The zero-order valence-corrected chi connectivity index (χ0v) is 25.3. The van der Waals surface area contributed by atoms with Crippen LogP contribution in [0.3, 0.4) is 0 Å². The van der Waals surface area contributed by atoms with Gasteiger partial charge >= 0.3 is 0 Å². The molecule has 3 fully saturated rings. The highest BCUT2D eigenvalue weighted by molar-refractivity contribution is 6.32. The van der Waals surface area contributed by atoms with Crippen LogP contribution >= 0.6 is 11.6 Å². The Hall–Kier alpha value is -4.50. The fraction of sp³-hybridized carbons (Fsp3) is 0.314. The van der Waals surface area contributed by atoms with Crippen molar-refractivity contribution in [1.82, 2.24) is 0 Å². The van der Waals surface area contributed by atoms with E-state index in [0.29, 0.717) is 24.3 Å². The highest BCUT2D eigenvalue weighted by Crippen LogP contribution is 2.64. The molecule has 6 unspecified atom stereocenters. The van der Waals surface area contributed by atoms with Crippen LogP contribution in [-0.2, 0) is 19.2 Å².